The summed E-state index contributed by atoms with van der Waals surface area (Å²) in [5, 5.41) is 9.92. The molecule has 0 radical (unpaired) electrons. The van der Waals surface area contributed by atoms with E-state index in [2.05, 4.69) is 6.92 Å². The Kier molecular flexibility index (Phi) is 4.71. The maximum atomic E-state index is 9.92. The zero-order valence-corrected chi connectivity index (χ0v) is 13.8. The standard InChI is InChI=1S/C21H20O3/c1-3-16-6-10-19(11-7-16)24-21-13-17(22)12-20(14-21)23-18-8-4-15(2)5-9-18/h4-14,22H,3H2,1-2H3. The molecule has 0 saturated carbocycles. The summed E-state index contributed by atoms with van der Waals surface area (Å²) < 4.78 is 11.6. The van der Waals surface area contributed by atoms with Gasteiger partial charge >= 0.3 is 0 Å². The summed E-state index contributed by atoms with van der Waals surface area (Å²) in [6.07, 6.45) is 0.987. The molecule has 24 heavy (non-hydrogen) atoms. The number of phenolic OH excluding ortho intramolecular Hbond substituents is 1. The number of hydrogen-bond acceptors (Lipinski definition) is 3. The molecule has 0 heterocycles. The molecule has 1 N–H and O–H groups in total. The van der Waals surface area contributed by atoms with Crippen LogP contribution in [0.15, 0.2) is 66.7 Å². The Morgan fingerprint density at radius 2 is 1.21 bits per heavy atom. The molecule has 0 aliphatic heterocycles. The predicted octanol–water partition coefficient (Wildman–Crippen LogP) is 5.85. The number of aryl methyl sites for hydroxylation is 2. The van der Waals surface area contributed by atoms with E-state index in [4.69, 9.17) is 9.47 Å². The zero-order valence-electron chi connectivity index (χ0n) is 13.8. The minimum Gasteiger partial charge on any atom is -0.508 e. The van der Waals surface area contributed by atoms with Crippen molar-refractivity contribution >= 4 is 0 Å². The average Bonchev–Trinajstić information content (AvgIpc) is 2.57. The van der Waals surface area contributed by atoms with Gasteiger partial charge in [-0.3, -0.25) is 0 Å². The van der Waals surface area contributed by atoms with E-state index in [1.165, 1.54) is 5.56 Å². The first-order valence-electron chi connectivity index (χ1n) is 7.98. The van der Waals surface area contributed by atoms with E-state index in [0.29, 0.717) is 17.2 Å². The highest BCUT2D eigenvalue weighted by atomic mass is 16.5. The molecule has 0 atom stereocenters. The lowest BCUT2D eigenvalue weighted by molar-refractivity contribution is 0.435. The lowest BCUT2D eigenvalue weighted by atomic mass is 10.2. The van der Waals surface area contributed by atoms with E-state index in [0.717, 1.165) is 17.7 Å². The van der Waals surface area contributed by atoms with Crippen molar-refractivity contribution in [3.63, 3.8) is 0 Å². The van der Waals surface area contributed by atoms with Gasteiger partial charge in [-0.2, -0.15) is 0 Å². The Balaban J connectivity index is 1.78. The molecule has 0 spiro atoms. The maximum Gasteiger partial charge on any atom is 0.134 e. The van der Waals surface area contributed by atoms with Gasteiger partial charge in [0.05, 0.1) is 0 Å². The monoisotopic (exact) mass is 320 g/mol. The Hall–Kier alpha value is -2.94. The molecular formula is C21H20O3. The number of hydrogen-bond donors (Lipinski definition) is 1. The van der Waals surface area contributed by atoms with Gasteiger partial charge in [-0.25, -0.2) is 0 Å². The average molecular weight is 320 g/mol. The van der Waals surface area contributed by atoms with Crippen molar-refractivity contribution in [3.05, 3.63) is 77.9 Å². The van der Waals surface area contributed by atoms with Crippen molar-refractivity contribution in [2.24, 2.45) is 0 Å². The summed E-state index contributed by atoms with van der Waals surface area (Å²) in [6, 6.07) is 20.5. The lowest BCUT2D eigenvalue weighted by Crippen LogP contribution is -1.88. The van der Waals surface area contributed by atoms with Crippen molar-refractivity contribution < 1.29 is 14.6 Å². The summed E-state index contributed by atoms with van der Waals surface area (Å²) in [5.74, 6) is 2.59. The fourth-order valence-electron chi connectivity index (χ4n) is 2.35. The van der Waals surface area contributed by atoms with E-state index in [1.807, 2.05) is 55.5 Å². The molecule has 3 aromatic rings. The topological polar surface area (TPSA) is 38.7 Å². The zero-order chi connectivity index (χ0) is 16.9. The van der Waals surface area contributed by atoms with E-state index in [9.17, 15) is 5.11 Å². The smallest absolute Gasteiger partial charge is 0.134 e. The van der Waals surface area contributed by atoms with Crippen molar-refractivity contribution in [3.8, 4) is 28.7 Å². The van der Waals surface area contributed by atoms with Gasteiger partial charge < -0.3 is 14.6 Å². The summed E-state index contributed by atoms with van der Waals surface area (Å²) in [5.41, 5.74) is 2.42. The molecule has 122 valence electrons. The molecule has 0 aliphatic carbocycles. The Bertz CT molecular complexity index is 805. The van der Waals surface area contributed by atoms with Crippen LogP contribution in [0.1, 0.15) is 18.1 Å². The van der Waals surface area contributed by atoms with Crippen LogP contribution in [0.3, 0.4) is 0 Å². The first-order valence-corrected chi connectivity index (χ1v) is 7.98. The highest BCUT2D eigenvalue weighted by molar-refractivity contribution is 5.45. The third kappa shape index (κ3) is 4.07. The molecule has 3 rings (SSSR count). The molecule has 0 unspecified atom stereocenters. The Morgan fingerprint density at radius 3 is 1.71 bits per heavy atom. The molecule has 0 aliphatic rings. The van der Waals surface area contributed by atoms with Gasteiger partial charge in [0, 0.05) is 18.2 Å². The fourth-order valence-corrected chi connectivity index (χ4v) is 2.35. The highest BCUT2D eigenvalue weighted by Gasteiger charge is 2.05. The lowest BCUT2D eigenvalue weighted by Gasteiger charge is -2.10. The van der Waals surface area contributed by atoms with Crippen LogP contribution >= 0.6 is 0 Å². The van der Waals surface area contributed by atoms with E-state index < -0.39 is 0 Å². The van der Waals surface area contributed by atoms with Crippen molar-refractivity contribution in [1.29, 1.82) is 0 Å². The molecular weight excluding hydrogens is 300 g/mol. The van der Waals surface area contributed by atoms with E-state index in [-0.39, 0.29) is 5.75 Å². The number of benzene rings is 3. The minimum absolute atomic E-state index is 0.0970. The number of ether oxygens (including phenoxy) is 2. The van der Waals surface area contributed by atoms with Gasteiger partial charge in [-0.05, 0) is 43.2 Å². The third-order valence-corrected chi connectivity index (χ3v) is 3.69. The van der Waals surface area contributed by atoms with Crippen LogP contribution in [-0.4, -0.2) is 5.11 Å². The summed E-state index contributed by atoms with van der Waals surface area (Å²) >= 11 is 0. The van der Waals surface area contributed by atoms with Gasteiger partial charge in [-0.15, -0.1) is 0 Å². The second kappa shape index (κ2) is 7.09. The second-order valence-electron chi connectivity index (χ2n) is 5.68. The van der Waals surface area contributed by atoms with Crippen molar-refractivity contribution in [1.82, 2.24) is 0 Å². The molecule has 0 saturated heterocycles. The van der Waals surface area contributed by atoms with Crippen LogP contribution in [0.25, 0.3) is 0 Å². The Morgan fingerprint density at radius 1 is 0.708 bits per heavy atom. The fraction of sp³-hybridized carbons (Fsp3) is 0.143. The number of aromatic hydroxyl groups is 1. The summed E-state index contributed by atoms with van der Waals surface area (Å²) in [4.78, 5) is 0. The Labute approximate surface area is 142 Å². The summed E-state index contributed by atoms with van der Waals surface area (Å²) in [6.45, 7) is 4.13. The predicted molar refractivity (Wildman–Crippen MR) is 95.3 cm³/mol. The largest absolute Gasteiger partial charge is 0.508 e. The van der Waals surface area contributed by atoms with Crippen LogP contribution in [0.2, 0.25) is 0 Å². The van der Waals surface area contributed by atoms with Crippen LogP contribution < -0.4 is 9.47 Å². The molecule has 0 aromatic heterocycles. The number of phenols is 1. The van der Waals surface area contributed by atoms with E-state index in [1.54, 1.807) is 18.2 Å². The molecule has 3 nitrogen and oxygen atoms in total. The second-order valence-corrected chi connectivity index (χ2v) is 5.68. The van der Waals surface area contributed by atoms with Gasteiger partial charge in [0.1, 0.15) is 28.7 Å². The van der Waals surface area contributed by atoms with Gasteiger partial charge in [0.15, 0.2) is 0 Å². The first kappa shape index (κ1) is 15.9. The number of rotatable bonds is 5. The molecule has 3 heteroatoms. The van der Waals surface area contributed by atoms with Crippen LogP contribution in [0, 0.1) is 6.92 Å². The minimum atomic E-state index is 0.0970. The van der Waals surface area contributed by atoms with Crippen LogP contribution in [0.4, 0.5) is 0 Å². The summed E-state index contributed by atoms with van der Waals surface area (Å²) in [7, 11) is 0. The van der Waals surface area contributed by atoms with Crippen LogP contribution in [-0.2, 0) is 6.42 Å². The maximum absolute atomic E-state index is 9.92. The first-order chi connectivity index (χ1) is 11.6. The molecule has 0 fully saturated rings. The van der Waals surface area contributed by atoms with E-state index >= 15 is 0 Å². The molecule has 3 aromatic carbocycles. The molecule has 0 amide bonds. The highest BCUT2D eigenvalue weighted by Crippen LogP contribution is 2.33. The van der Waals surface area contributed by atoms with Crippen molar-refractivity contribution in [2.75, 3.05) is 0 Å². The van der Waals surface area contributed by atoms with Gasteiger partial charge in [-0.1, -0.05) is 36.8 Å². The SMILES string of the molecule is CCc1ccc(Oc2cc(O)cc(Oc3ccc(C)cc3)c2)cc1. The third-order valence-electron chi connectivity index (χ3n) is 3.69. The van der Waals surface area contributed by atoms with Gasteiger partial charge in [0.2, 0.25) is 0 Å². The quantitative estimate of drug-likeness (QED) is 0.641. The van der Waals surface area contributed by atoms with Gasteiger partial charge in [0.25, 0.3) is 0 Å². The van der Waals surface area contributed by atoms with Crippen molar-refractivity contribution in [2.45, 2.75) is 20.3 Å². The van der Waals surface area contributed by atoms with Crippen LogP contribution in [0.5, 0.6) is 28.7 Å². The normalized spacial score (nSPS) is 10.4. The molecule has 0 bridgehead atoms.